The summed E-state index contributed by atoms with van der Waals surface area (Å²) in [5, 5.41) is 12.8. The number of aryl methyl sites for hydroxylation is 1. The Kier molecular flexibility index (Phi) is 4.64. The standard InChI is InChI=1S/C17H21NO2/c1-12-6-4-5-7-16(12)13(2)18-15-8-9-17(20-3)14(10-15)11-19/h4-10,13,18-19H,11H2,1-3H3. The van der Waals surface area contributed by atoms with E-state index in [-0.39, 0.29) is 12.6 Å². The number of aliphatic hydroxyl groups excluding tert-OH is 1. The Morgan fingerprint density at radius 3 is 2.60 bits per heavy atom. The molecular weight excluding hydrogens is 250 g/mol. The van der Waals surface area contributed by atoms with Crippen molar-refractivity contribution < 1.29 is 9.84 Å². The van der Waals surface area contributed by atoms with Crippen LogP contribution in [-0.4, -0.2) is 12.2 Å². The van der Waals surface area contributed by atoms with Crippen LogP contribution in [-0.2, 0) is 6.61 Å². The predicted molar refractivity (Wildman–Crippen MR) is 82.1 cm³/mol. The Hall–Kier alpha value is -2.00. The molecule has 0 fully saturated rings. The summed E-state index contributed by atoms with van der Waals surface area (Å²) in [4.78, 5) is 0. The zero-order chi connectivity index (χ0) is 14.5. The fraction of sp³-hybridized carbons (Fsp3) is 0.294. The van der Waals surface area contributed by atoms with E-state index >= 15 is 0 Å². The monoisotopic (exact) mass is 271 g/mol. The SMILES string of the molecule is COc1ccc(NC(C)c2ccccc2C)cc1CO. The first-order valence-electron chi connectivity index (χ1n) is 6.75. The fourth-order valence-corrected chi connectivity index (χ4v) is 2.39. The Morgan fingerprint density at radius 1 is 1.20 bits per heavy atom. The van der Waals surface area contributed by atoms with Crippen LogP contribution in [0.5, 0.6) is 5.75 Å². The van der Waals surface area contributed by atoms with Crippen LogP contribution in [0.2, 0.25) is 0 Å². The smallest absolute Gasteiger partial charge is 0.124 e. The maximum Gasteiger partial charge on any atom is 0.124 e. The first-order valence-corrected chi connectivity index (χ1v) is 6.75. The summed E-state index contributed by atoms with van der Waals surface area (Å²) < 4.78 is 5.21. The van der Waals surface area contributed by atoms with Gasteiger partial charge in [-0.15, -0.1) is 0 Å². The van der Waals surface area contributed by atoms with Gasteiger partial charge in [0.05, 0.1) is 13.7 Å². The number of nitrogens with one attached hydrogen (secondary N) is 1. The zero-order valence-corrected chi connectivity index (χ0v) is 12.2. The first kappa shape index (κ1) is 14.4. The average molecular weight is 271 g/mol. The normalized spacial score (nSPS) is 12.0. The number of anilines is 1. The van der Waals surface area contributed by atoms with E-state index in [2.05, 4.69) is 31.3 Å². The molecule has 0 aliphatic heterocycles. The van der Waals surface area contributed by atoms with Gasteiger partial charge in [-0.2, -0.15) is 0 Å². The van der Waals surface area contributed by atoms with Crippen molar-refractivity contribution in [3.8, 4) is 5.75 Å². The van der Waals surface area contributed by atoms with Crippen LogP contribution in [0.25, 0.3) is 0 Å². The number of methoxy groups -OCH3 is 1. The Labute approximate surface area is 120 Å². The van der Waals surface area contributed by atoms with E-state index in [0.717, 1.165) is 11.3 Å². The van der Waals surface area contributed by atoms with Crippen LogP contribution in [0.1, 0.15) is 29.7 Å². The predicted octanol–water partition coefficient (Wildman–Crippen LogP) is 3.67. The van der Waals surface area contributed by atoms with Gasteiger partial charge in [-0.25, -0.2) is 0 Å². The third-order valence-electron chi connectivity index (χ3n) is 3.49. The van der Waals surface area contributed by atoms with Gasteiger partial charge in [-0.3, -0.25) is 0 Å². The number of rotatable bonds is 5. The summed E-state index contributed by atoms with van der Waals surface area (Å²) in [5.74, 6) is 0.710. The molecule has 0 spiro atoms. The molecule has 0 saturated carbocycles. The van der Waals surface area contributed by atoms with Gasteiger partial charge in [0.25, 0.3) is 0 Å². The van der Waals surface area contributed by atoms with Crippen molar-refractivity contribution in [2.24, 2.45) is 0 Å². The van der Waals surface area contributed by atoms with Gasteiger partial charge in [0.15, 0.2) is 0 Å². The molecule has 2 aromatic rings. The second kappa shape index (κ2) is 6.44. The van der Waals surface area contributed by atoms with Crippen molar-refractivity contribution in [1.29, 1.82) is 0 Å². The lowest BCUT2D eigenvalue weighted by Crippen LogP contribution is -2.08. The van der Waals surface area contributed by atoms with Crippen LogP contribution in [0.15, 0.2) is 42.5 Å². The van der Waals surface area contributed by atoms with Crippen LogP contribution in [0, 0.1) is 6.92 Å². The highest BCUT2D eigenvalue weighted by molar-refractivity contribution is 5.52. The van der Waals surface area contributed by atoms with Gasteiger partial charge >= 0.3 is 0 Å². The quantitative estimate of drug-likeness (QED) is 0.872. The van der Waals surface area contributed by atoms with Gasteiger partial charge in [-0.05, 0) is 43.2 Å². The van der Waals surface area contributed by atoms with Gasteiger partial charge in [0.1, 0.15) is 5.75 Å². The lowest BCUT2D eigenvalue weighted by atomic mass is 10.0. The molecular formula is C17H21NO2. The second-order valence-corrected chi connectivity index (χ2v) is 4.91. The van der Waals surface area contributed by atoms with Crippen LogP contribution >= 0.6 is 0 Å². The summed E-state index contributed by atoms with van der Waals surface area (Å²) in [5.41, 5.74) is 4.30. The minimum Gasteiger partial charge on any atom is -0.496 e. The minimum absolute atomic E-state index is 0.0303. The van der Waals surface area contributed by atoms with Gasteiger partial charge in [-0.1, -0.05) is 24.3 Å². The largest absolute Gasteiger partial charge is 0.496 e. The molecule has 0 saturated heterocycles. The molecule has 20 heavy (non-hydrogen) atoms. The highest BCUT2D eigenvalue weighted by Gasteiger charge is 2.09. The summed E-state index contributed by atoms with van der Waals surface area (Å²) in [6.07, 6.45) is 0. The van der Waals surface area contributed by atoms with Gasteiger partial charge < -0.3 is 15.2 Å². The number of hydrogen-bond acceptors (Lipinski definition) is 3. The number of aliphatic hydroxyl groups is 1. The third kappa shape index (κ3) is 3.11. The Bertz CT molecular complexity index is 581. The number of hydrogen-bond donors (Lipinski definition) is 2. The first-order chi connectivity index (χ1) is 9.65. The number of benzene rings is 2. The molecule has 2 N–H and O–H groups in total. The lowest BCUT2D eigenvalue weighted by Gasteiger charge is -2.19. The van der Waals surface area contributed by atoms with Crippen molar-refractivity contribution in [3.05, 3.63) is 59.2 Å². The molecule has 1 unspecified atom stereocenters. The zero-order valence-electron chi connectivity index (χ0n) is 12.2. The fourth-order valence-electron chi connectivity index (χ4n) is 2.39. The maximum absolute atomic E-state index is 9.36. The average Bonchev–Trinajstić information content (AvgIpc) is 2.47. The van der Waals surface area contributed by atoms with Crippen molar-refractivity contribution in [1.82, 2.24) is 0 Å². The molecule has 1 atom stereocenters. The van der Waals surface area contributed by atoms with Gasteiger partial charge in [0, 0.05) is 17.3 Å². The van der Waals surface area contributed by atoms with Crippen LogP contribution in [0.3, 0.4) is 0 Å². The second-order valence-electron chi connectivity index (χ2n) is 4.91. The third-order valence-corrected chi connectivity index (χ3v) is 3.49. The Balaban J connectivity index is 2.20. The van der Waals surface area contributed by atoms with Crippen molar-refractivity contribution in [2.45, 2.75) is 26.5 Å². The Morgan fingerprint density at radius 2 is 1.95 bits per heavy atom. The molecule has 0 radical (unpaired) electrons. The van der Waals surface area contributed by atoms with E-state index in [1.807, 2.05) is 30.3 Å². The van der Waals surface area contributed by atoms with E-state index in [0.29, 0.717) is 5.75 Å². The molecule has 0 aliphatic rings. The summed E-state index contributed by atoms with van der Waals surface area (Å²) >= 11 is 0. The molecule has 0 aliphatic carbocycles. The summed E-state index contributed by atoms with van der Waals surface area (Å²) in [6, 6.07) is 14.3. The molecule has 0 aromatic heterocycles. The van der Waals surface area contributed by atoms with Crippen LogP contribution < -0.4 is 10.1 Å². The molecule has 0 amide bonds. The van der Waals surface area contributed by atoms with Crippen molar-refractivity contribution >= 4 is 5.69 Å². The van der Waals surface area contributed by atoms with E-state index in [9.17, 15) is 5.11 Å². The highest BCUT2D eigenvalue weighted by Crippen LogP contribution is 2.26. The van der Waals surface area contributed by atoms with E-state index in [1.54, 1.807) is 7.11 Å². The molecule has 3 heteroatoms. The summed E-state index contributed by atoms with van der Waals surface area (Å²) in [7, 11) is 1.61. The lowest BCUT2D eigenvalue weighted by molar-refractivity contribution is 0.274. The molecule has 3 nitrogen and oxygen atoms in total. The molecule has 2 aromatic carbocycles. The number of ether oxygens (including phenoxy) is 1. The topological polar surface area (TPSA) is 41.5 Å². The molecule has 0 heterocycles. The van der Waals surface area contributed by atoms with E-state index in [4.69, 9.17) is 4.74 Å². The van der Waals surface area contributed by atoms with E-state index in [1.165, 1.54) is 11.1 Å². The van der Waals surface area contributed by atoms with Crippen molar-refractivity contribution in [3.63, 3.8) is 0 Å². The maximum atomic E-state index is 9.36. The molecule has 2 rings (SSSR count). The minimum atomic E-state index is -0.0303. The summed E-state index contributed by atoms with van der Waals surface area (Å²) in [6.45, 7) is 4.21. The molecule has 106 valence electrons. The highest BCUT2D eigenvalue weighted by atomic mass is 16.5. The van der Waals surface area contributed by atoms with Crippen molar-refractivity contribution in [2.75, 3.05) is 12.4 Å². The molecule has 0 bridgehead atoms. The van der Waals surface area contributed by atoms with Gasteiger partial charge in [0.2, 0.25) is 0 Å². The van der Waals surface area contributed by atoms with Crippen LogP contribution in [0.4, 0.5) is 5.69 Å². The van der Waals surface area contributed by atoms with E-state index < -0.39 is 0 Å².